The Morgan fingerprint density at radius 3 is 2.67 bits per heavy atom. The van der Waals surface area contributed by atoms with Crippen molar-refractivity contribution in [1.29, 1.82) is 0 Å². The summed E-state index contributed by atoms with van der Waals surface area (Å²) < 4.78 is 7.66. The van der Waals surface area contributed by atoms with Crippen molar-refractivity contribution in [3.63, 3.8) is 0 Å². The molecule has 1 aromatic heterocycles. The van der Waals surface area contributed by atoms with E-state index in [2.05, 4.69) is 41.2 Å². The molecule has 18 heavy (non-hydrogen) atoms. The third kappa shape index (κ3) is 3.49. The van der Waals surface area contributed by atoms with E-state index in [1.807, 2.05) is 4.68 Å². The second-order valence-electron chi connectivity index (χ2n) is 5.12. The van der Waals surface area contributed by atoms with Gasteiger partial charge in [-0.2, -0.15) is 0 Å². The monoisotopic (exact) mass is 253 g/mol. The summed E-state index contributed by atoms with van der Waals surface area (Å²) in [5.41, 5.74) is 0. The van der Waals surface area contributed by atoms with E-state index in [0.29, 0.717) is 0 Å². The molecule has 2 atom stereocenters. The molecule has 2 heterocycles. The second kappa shape index (κ2) is 6.24. The van der Waals surface area contributed by atoms with Crippen LogP contribution >= 0.6 is 0 Å². The normalized spacial score (nSPS) is 25.5. The van der Waals surface area contributed by atoms with Gasteiger partial charge in [0.05, 0.1) is 18.8 Å². The van der Waals surface area contributed by atoms with Crippen molar-refractivity contribution in [2.75, 3.05) is 13.1 Å². The van der Waals surface area contributed by atoms with Gasteiger partial charge in [0.1, 0.15) is 0 Å². The van der Waals surface area contributed by atoms with Gasteiger partial charge in [-0.3, -0.25) is 4.90 Å². The van der Waals surface area contributed by atoms with Gasteiger partial charge in [0, 0.05) is 19.6 Å². The van der Waals surface area contributed by atoms with Gasteiger partial charge in [-0.05, 0) is 30.7 Å². The predicted molar refractivity (Wildman–Crippen MR) is 68.0 cm³/mol. The molecule has 1 fully saturated rings. The predicted octanol–water partition coefficient (Wildman–Crippen LogP) is 1.08. The van der Waals surface area contributed by atoms with Crippen LogP contribution in [-0.2, 0) is 17.8 Å². The Balaban J connectivity index is 1.94. The topological polar surface area (TPSA) is 56.1 Å². The van der Waals surface area contributed by atoms with Crippen LogP contribution in [0.25, 0.3) is 0 Å². The molecule has 0 aromatic carbocycles. The van der Waals surface area contributed by atoms with Crippen LogP contribution in [0.2, 0.25) is 0 Å². The Labute approximate surface area is 108 Å². The molecule has 6 nitrogen and oxygen atoms in total. The Kier molecular flexibility index (Phi) is 4.66. The molecule has 1 aliphatic heterocycles. The first-order valence-corrected chi connectivity index (χ1v) is 6.82. The molecule has 0 amide bonds. The van der Waals surface area contributed by atoms with E-state index in [1.165, 1.54) is 0 Å². The first-order chi connectivity index (χ1) is 8.69. The molecule has 1 saturated heterocycles. The van der Waals surface area contributed by atoms with Gasteiger partial charge >= 0.3 is 0 Å². The van der Waals surface area contributed by atoms with E-state index in [1.54, 1.807) is 0 Å². The minimum absolute atomic E-state index is 0.286. The molecular weight excluding hydrogens is 230 g/mol. The number of nitrogens with zero attached hydrogens (tertiary/aromatic N) is 5. The molecule has 0 unspecified atom stereocenters. The summed E-state index contributed by atoms with van der Waals surface area (Å²) in [6.07, 6.45) is 2.85. The Morgan fingerprint density at radius 2 is 2.00 bits per heavy atom. The van der Waals surface area contributed by atoms with E-state index in [-0.39, 0.29) is 12.2 Å². The first kappa shape index (κ1) is 13.4. The standard InChI is InChI=1S/C12H23N5O/c1-4-5-6-17-12(13-14-15-17)9-16-7-10(2)18-11(3)8-16/h10-11H,4-9H2,1-3H3/t10-,11-/m1/s1. The Morgan fingerprint density at radius 1 is 1.28 bits per heavy atom. The van der Waals surface area contributed by atoms with Crippen LogP contribution in [0.15, 0.2) is 0 Å². The van der Waals surface area contributed by atoms with E-state index < -0.39 is 0 Å². The summed E-state index contributed by atoms with van der Waals surface area (Å²) in [5.74, 6) is 0.963. The highest BCUT2D eigenvalue weighted by Crippen LogP contribution is 2.13. The fourth-order valence-corrected chi connectivity index (χ4v) is 2.43. The van der Waals surface area contributed by atoms with Gasteiger partial charge in [-0.1, -0.05) is 13.3 Å². The maximum atomic E-state index is 5.73. The van der Waals surface area contributed by atoms with Crippen LogP contribution in [0.5, 0.6) is 0 Å². The van der Waals surface area contributed by atoms with Crippen molar-refractivity contribution in [2.45, 2.75) is 58.9 Å². The van der Waals surface area contributed by atoms with Gasteiger partial charge in [-0.25, -0.2) is 4.68 Å². The maximum absolute atomic E-state index is 5.73. The molecule has 0 aliphatic carbocycles. The lowest BCUT2D eigenvalue weighted by atomic mass is 10.2. The summed E-state index contributed by atoms with van der Waals surface area (Å²) in [6, 6.07) is 0. The van der Waals surface area contributed by atoms with Crippen LogP contribution < -0.4 is 0 Å². The second-order valence-corrected chi connectivity index (χ2v) is 5.12. The van der Waals surface area contributed by atoms with Gasteiger partial charge in [0.25, 0.3) is 0 Å². The van der Waals surface area contributed by atoms with Crippen LogP contribution in [0.4, 0.5) is 0 Å². The van der Waals surface area contributed by atoms with Crippen molar-refractivity contribution in [3.05, 3.63) is 5.82 Å². The van der Waals surface area contributed by atoms with Crippen molar-refractivity contribution in [2.24, 2.45) is 0 Å². The molecule has 102 valence electrons. The summed E-state index contributed by atoms with van der Waals surface area (Å²) >= 11 is 0. The lowest BCUT2D eigenvalue weighted by Gasteiger charge is -2.34. The molecule has 6 heteroatoms. The molecule has 0 saturated carbocycles. The van der Waals surface area contributed by atoms with E-state index in [9.17, 15) is 0 Å². The quantitative estimate of drug-likeness (QED) is 0.786. The average molecular weight is 253 g/mol. The lowest BCUT2D eigenvalue weighted by molar-refractivity contribution is -0.0713. The minimum atomic E-state index is 0.286. The zero-order chi connectivity index (χ0) is 13.0. The SMILES string of the molecule is CCCCn1nnnc1CN1C[C@@H](C)O[C@H](C)C1. The Hall–Kier alpha value is -1.01. The van der Waals surface area contributed by atoms with E-state index in [4.69, 9.17) is 4.74 Å². The highest BCUT2D eigenvalue weighted by Gasteiger charge is 2.23. The van der Waals surface area contributed by atoms with Gasteiger partial charge < -0.3 is 4.74 Å². The maximum Gasteiger partial charge on any atom is 0.165 e. The number of aromatic nitrogens is 4. The number of aryl methyl sites for hydroxylation is 1. The Bertz CT molecular complexity index is 357. The summed E-state index contributed by atoms with van der Waals surface area (Å²) in [7, 11) is 0. The van der Waals surface area contributed by atoms with Gasteiger partial charge in [-0.15, -0.1) is 5.10 Å². The van der Waals surface area contributed by atoms with Gasteiger partial charge in [0.15, 0.2) is 5.82 Å². The molecule has 1 aliphatic rings. The van der Waals surface area contributed by atoms with Crippen LogP contribution in [0.1, 0.15) is 39.4 Å². The minimum Gasteiger partial charge on any atom is -0.373 e. The summed E-state index contributed by atoms with van der Waals surface area (Å²) in [4.78, 5) is 2.37. The van der Waals surface area contributed by atoms with Crippen LogP contribution in [0, 0.1) is 0 Å². The molecular formula is C12H23N5O. The third-order valence-corrected chi connectivity index (χ3v) is 3.19. The fourth-order valence-electron chi connectivity index (χ4n) is 2.43. The number of hydrogen-bond donors (Lipinski definition) is 0. The number of hydrogen-bond acceptors (Lipinski definition) is 5. The molecule has 1 aromatic rings. The number of ether oxygens (including phenoxy) is 1. The highest BCUT2D eigenvalue weighted by molar-refractivity contribution is 4.84. The van der Waals surface area contributed by atoms with E-state index >= 15 is 0 Å². The highest BCUT2D eigenvalue weighted by atomic mass is 16.5. The molecule has 2 rings (SSSR count). The zero-order valence-electron chi connectivity index (χ0n) is 11.5. The largest absolute Gasteiger partial charge is 0.373 e. The molecule has 0 N–H and O–H groups in total. The average Bonchev–Trinajstić information content (AvgIpc) is 2.72. The summed E-state index contributed by atoms with van der Waals surface area (Å²) in [5, 5.41) is 12.0. The lowest BCUT2D eigenvalue weighted by Crippen LogP contribution is -2.45. The molecule has 0 spiro atoms. The van der Waals surface area contributed by atoms with Crippen LogP contribution in [0.3, 0.4) is 0 Å². The smallest absolute Gasteiger partial charge is 0.165 e. The van der Waals surface area contributed by atoms with Crippen molar-refractivity contribution in [1.82, 2.24) is 25.1 Å². The van der Waals surface area contributed by atoms with Crippen molar-refractivity contribution in [3.8, 4) is 0 Å². The number of unbranched alkanes of at least 4 members (excludes halogenated alkanes) is 1. The zero-order valence-corrected chi connectivity index (χ0v) is 11.5. The molecule has 0 bridgehead atoms. The number of tetrazole rings is 1. The van der Waals surface area contributed by atoms with Crippen LogP contribution in [-0.4, -0.2) is 50.4 Å². The van der Waals surface area contributed by atoms with E-state index in [0.717, 1.165) is 44.8 Å². The van der Waals surface area contributed by atoms with Crippen molar-refractivity contribution < 1.29 is 4.74 Å². The molecule has 0 radical (unpaired) electrons. The fraction of sp³-hybridized carbons (Fsp3) is 0.917. The first-order valence-electron chi connectivity index (χ1n) is 6.82. The van der Waals surface area contributed by atoms with Gasteiger partial charge in [0.2, 0.25) is 0 Å². The number of morpholine rings is 1. The summed E-state index contributed by atoms with van der Waals surface area (Å²) in [6.45, 7) is 10.0. The number of rotatable bonds is 5. The van der Waals surface area contributed by atoms with Crippen molar-refractivity contribution >= 4 is 0 Å². The third-order valence-electron chi connectivity index (χ3n) is 3.19.